The third-order valence-electron chi connectivity index (χ3n) is 6.10. The van der Waals surface area contributed by atoms with Crippen molar-refractivity contribution in [2.75, 3.05) is 9.80 Å². The molecule has 2 fully saturated rings. The molecule has 5 rings (SSSR count). The second kappa shape index (κ2) is 8.32. The van der Waals surface area contributed by atoms with Crippen LogP contribution in [0.1, 0.15) is 30.5 Å². The van der Waals surface area contributed by atoms with E-state index in [1.807, 2.05) is 0 Å². The molecule has 1 saturated carbocycles. The van der Waals surface area contributed by atoms with Gasteiger partial charge in [0.2, 0.25) is 0 Å². The molecule has 0 radical (unpaired) electrons. The van der Waals surface area contributed by atoms with Crippen LogP contribution in [-0.2, 0) is 11.0 Å². The van der Waals surface area contributed by atoms with Crippen LogP contribution in [0.25, 0.3) is 0 Å². The van der Waals surface area contributed by atoms with Gasteiger partial charge in [-0.25, -0.2) is 4.98 Å². The Balaban J connectivity index is 1.49. The lowest BCUT2D eigenvalue weighted by molar-refractivity contribution is -0.138. The van der Waals surface area contributed by atoms with Gasteiger partial charge in [0, 0.05) is 11.9 Å². The van der Waals surface area contributed by atoms with Crippen LogP contribution in [-0.4, -0.2) is 26.5 Å². The van der Waals surface area contributed by atoms with Crippen molar-refractivity contribution < 1.29 is 22.7 Å². The Morgan fingerprint density at radius 3 is 2.40 bits per heavy atom. The van der Waals surface area contributed by atoms with Crippen molar-refractivity contribution in [2.24, 2.45) is 0 Å². The zero-order chi connectivity index (χ0) is 24.8. The molecule has 1 amide bonds. The molecular formula is C24H16F3N5O2S. The molecule has 1 aliphatic carbocycles. The molecule has 176 valence electrons. The predicted molar refractivity (Wildman–Crippen MR) is 124 cm³/mol. The number of anilines is 2. The van der Waals surface area contributed by atoms with Crippen LogP contribution in [0.3, 0.4) is 0 Å². The van der Waals surface area contributed by atoms with Crippen LogP contribution in [0.5, 0.6) is 11.5 Å². The minimum absolute atomic E-state index is 0.0512. The van der Waals surface area contributed by atoms with Gasteiger partial charge in [0.1, 0.15) is 23.1 Å². The first-order chi connectivity index (χ1) is 16.7. The Labute approximate surface area is 203 Å². The summed E-state index contributed by atoms with van der Waals surface area (Å²) < 4.78 is 46.3. The maximum atomic E-state index is 13.5. The summed E-state index contributed by atoms with van der Waals surface area (Å²) in [6, 6.07) is 12.6. The molecule has 2 aliphatic rings. The summed E-state index contributed by atoms with van der Waals surface area (Å²) in [6.07, 6.45) is 1.25. The number of carbonyl (C=O) groups excluding carboxylic acids is 1. The van der Waals surface area contributed by atoms with Gasteiger partial charge in [-0.05, 0) is 73.9 Å². The van der Waals surface area contributed by atoms with Crippen molar-refractivity contribution in [1.29, 1.82) is 5.26 Å². The lowest BCUT2D eigenvalue weighted by Gasteiger charge is -2.43. The van der Waals surface area contributed by atoms with E-state index in [1.165, 1.54) is 6.07 Å². The normalized spacial score (nSPS) is 16.9. The van der Waals surface area contributed by atoms with Gasteiger partial charge in [0.25, 0.3) is 5.91 Å². The molecule has 0 unspecified atom stereocenters. The van der Waals surface area contributed by atoms with E-state index in [0.29, 0.717) is 30.0 Å². The molecule has 0 bridgehead atoms. The quantitative estimate of drug-likeness (QED) is 0.459. The lowest BCUT2D eigenvalue weighted by atomic mass is 9.75. The number of pyridine rings is 2. The summed E-state index contributed by atoms with van der Waals surface area (Å²) in [5.74, 6) is 0.690. The number of halogens is 3. The highest BCUT2D eigenvalue weighted by Gasteiger charge is 2.59. The zero-order valence-corrected chi connectivity index (χ0v) is 18.8. The van der Waals surface area contributed by atoms with E-state index < -0.39 is 28.9 Å². The van der Waals surface area contributed by atoms with Crippen LogP contribution in [0, 0.1) is 11.3 Å². The van der Waals surface area contributed by atoms with Crippen molar-refractivity contribution in [1.82, 2.24) is 9.97 Å². The van der Waals surface area contributed by atoms with E-state index in [2.05, 4.69) is 9.97 Å². The monoisotopic (exact) mass is 495 g/mol. The first kappa shape index (κ1) is 22.7. The molecule has 7 nitrogen and oxygen atoms in total. The van der Waals surface area contributed by atoms with Crippen molar-refractivity contribution >= 4 is 34.6 Å². The number of alkyl halides is 3. The Hall–Kier alpha value is -4.04. The smallest absolute Gasteiger partial charge is 0.419 e. The first-order valence-electron chi connectivity index (χ1n) is 10.6. The number of benzene rings is 1. The molecule has 2 aromatic heterocycles. The summed E-state index contributed by atoms with van der Waals surface area (Å²) in [5.41, 5.74) is -2.47. The van der Waals surface area contributed by atoms with Gasteiger partial charge < -0.3 is 9.64 Å². The first-order valence-corrected chi connectivity index (χ1v) is 11.0. The number of rotatable bonds is 4. The van der Waals surface area contributed by atoms with Crippen molar-refractivity contribution in [3.63, 3.8) is 0 Å². The number of thiocarbonyl (C=S) groups is 1. The van der Waals surface area contributed by atoms with E-state index in [9.17, 15) is 18.0 Å². The third kappa shape index (κ3) is 3.76. The van der Waals surface area contributed by atoms with Gasteiger partial charge in [-0.2, -0.15) is 18.4 Å². The zero-order valence-electron chi connectivity index (χ0n) is 18.0. The summed E-state index contributed by atoms with van der Waals surface area (Å²) in [6.45, 7) is 0. The fourth-order valence-electron chi connectivity index (χ4n) is 4.30. The van der Waals surface area contributed by atoms with Crippen molar-refractivity contribution in [3.8, 4) is 17.6 Å². The van der Waals surface area contributed by atoms with Gasteiger partial charge >= 0.3 is 6.18 Å². The van der Waals surface area contributed by atoms with Gasteiger partial charge in [-0.3, -0.25) is 14.7 Å². The number of amides is 1. The highest BCUT2D eigenvalue weighted by molar-refractivity contribution is 7.81. The predicted octanol–water partition coefficient (Wildman–Crippen LogP) is 5.22. The largest absolute Gasteiger partial charge is 0.456 e. The summed E-state index contributed by atoms with van der Waals surface area (Å²) in [7, 11) is 0. The molecular weight excluding hydrogens is 479 g/mol. The van der Waals surface area contributed by atoms with Crippen molar-refractivity contribution in [3.05, 3.63) is 72.3 Å². The molecule has 1 spiro atoms. The molecule has 3 aromatic rings. The molecule has 0 N–H and O–H groups in total. The molecule has 35 heavy (non-hydrogen) atoms. The third-order valence-corrected chi connectivity index (χ3v) is 6.47. The maximum absolute atomic E-state index is 13.5. The number of carbonyl (C=O) groups is 1. The minimum atomic E-state index is -4.81. The summed E-state index contributed by atoms with van der Waals surface area (Å²) >= 11 is 5.61. The van der Waals surface area contributed by atoms with E-state index >= 15 is 0 Å². The maximum Gasteiger partial charge on any atom is 0.419 e. The van der Waals surface area contributed by atoms with Crippen LogP contribution in [0.4, 0.5) is 24.5 Å². The Kier molecular flexibility index (Phi) is 5.40. The van der Waals surface area contributed by atoms with Crippen LogP contribution in [0.2, 0.25) is 0 Å². The fraction of sp³-hybridized carbons (Fsp3) is 0.208. The van der Waals surface area contributed by atoms with E-state index in [0.717, 1.165) is 23.6 Å². The Bertz CT molecular complexity index is 1350. The molecule has 1 aliphatic heterocycles. The number of aromatic nitrogens is 2. The second-order valence-corrected chi connectivity index (χ2v) is 8.49. The molecule has 3 heterocycles. The number of hydrogen-bond acceptors (Lipinski definition) is 6. The number of hydrogen-bond donors (Lipinski definition) is 0. The van der Waals surface area contributed by atoms with E-state index in [-0.39, 0.29) is 10.8 Å². The van der Waals surface area contributed by atoms with E-state index in [4.69, 9.17) is 22.2 Å². The van der Waals surface area contributed by atoms with Gasteiger partial charge in [-0.15, -0.1) is 0 Å². The van der Waals surface area contributed by atoms with Gasteiger partial charge in [-0.1, -0.05) is 0 Å². The topological polar surface area (TPSA) is 82.4 Å². The van der Waals surface area contributed by atoms with Crippen molar-refractivity contribution in [2.45, 2.75) is 31.0 Å². The highest BCUT2D eigenvalue weighted by Crippen LogP contribution is 2.48. The standard InChI is InChI=1S/C24H16F3N5O2S/c25-24(26,27)19-11-16(13-30-20(19)12-28)31-21(33)23(8-2-9-23)32(22(31)35)15-4-6-17(7-5-15)34-18-3-1-10-29-14-18/h1,3-7,10-11,13-14H,2,8-9H2. The molecule has 1 saturated heterocycles. The number of nitrogens with zero attached hydrogens (tertiary/aromatic N) is 5. The van der Waals surface area contributed by atoms with Crippen LogP contribution < -0.4 is 14.5 Å². The Morgan fingerprint density at radius 2 is 1.83 bits per heavy atom. The van der Waals surface area contributed by atoms with E-state index in [1.54, 1.807) is 53.7 Å². The summed E-state index contributed by atoms with van der Waals surface area (Å²) in [5, 5.41) is 9.09. The average Bonchev–Trinajstić information content (AvgIpc) is 3.06. The van der Waals surface area contributed by atoms with Crippen LogP contribution >= 0.6 is 12.2 Å². The van der Waals surface area contributed by atoms with Crippen LogP contribution in [0.15, 0.2) is 61.1 Å². The lowest BCUT2D eigenvalue weighted by Crippen LogP contribution is -2.55. The SMILES string of the molecule is N#Cc1ncc(N2C(=O)C3(CCC3)N(c3ccc(Oc4cccnc4)cc3)C2=S)cc1C(F)(F)F. The molecule has 1 aromatic carbocycles. The number of nitriles is 1. The Morgan fingerprint density at radius 1 is 1.09 bits per heavy atom. The average molecular weight is 495 g/mol. The fourth-order valence-corrected chi connectivity index (χ4v) is 4.76. The summed E-state index contributed by atoms with van der Waals surface area (Å²) in [4.78, 5) is 23.9. The minimum Gasteiger partial charge on any atom is -0.456 e. The molecule has 0 atom stereocenters. The molecule has 11 heteroatoms. The number of ether oxygens (including phenoxy) is 1. The highest BCUT2D eigenvalue weighted by atomic mass is 32.1. The van der Waals surface area contributed by atoms with Gasteiger partial charge in [0.15, 0.2) is 10.8 Å². The van der Waals surface area contributed by atoms with Gasteiger partial charge in [0.05, 0.1) is 23.6 Å². The second-order valence-electron chi connectivity index (χ2n) is 8.13.